The van der Waals surface area contributed by atoms with Crippen LogP contribution in [-0.2, 0) is 15.9 Å². The Morgan fingerprint density at radius 2 is 1.83 bits per heavy atom. The quantitative estimate of drug-likeness (QED) is 0.348. The van der Waals surface area contributed by atoms with Gasteiger partial charge >= 0.3 is 6.36 Å². The fourth-order valence-corrected chi connectivity index (χ4v) is 2.95. The molecule has 2 N–H and O–H groups in total. The first-order chi connectivity index (χ1) is 14.0. The summed E-state index contributed by atoms with van der Waals surface area (Å²) in [6.45, 7) is 4.53. The average Bonchev–Trinajstić information content (AvgIpc) is 2.70. The minimum Gasteiger partial charge on any atom is -0.406 e. The Morgan fingerprint density at radius 3 is 2.48 bits per heavy atom. The Kier molecular flexibility index (Phi) is 10.1. The number of hydrogen-bond acceptors (Lipinski definition) is 4. The lowest BCUT2D eigenvalue weighted by molar-refractivity contribution is -0.274. The molecule has 1 fully saturated rings. The molecule has 164 valence electrons. The van der Waals surface area contributed by atoms with Crippen LogP contribution in [0.25, 0.3) is 0 Å². The van der Waals surface area contributed by atoms with E-state index in [9.17, 15) is 13.2 Å². The number of nitrogens with zero attached hydrogens (tertiary/aromatic N) is 1. The van der Waals surface area contributed by atoms with Gasteiger partial charge in [0, 0.05) is 46.6 Å². The monoisotopic (exact) mass is 417 g/mol. The van der Waals surface area contributed by atoms with Crippen molar-refractivity contribution in [1.82, 2.24) is 10.6 Å². The van der Waals surface area contributed by atoms with Gasteiger partial charge in [-0.15, -0.1) is 13.2 Å². The highest BCUT2D eigenvalue weighted by molar-refractivity contribution is 5.79. The van der Waals surface area contributed by atoms with Gasteiger partial charge in [0.25, 0.3) is 0 Å². The maximum absolute atomic E-state index is 12.2. The van der Waals surface area contributed by atoms with Crippen molar-refractivity contribution in [3.05, 3.63) is 29.8 Å². The summed E-state index contributed by atoms with van der Waals surface area (Å²) >= 11 is 0. The Balaban J connectivity index is 1.54. The van der Waals surface area contributed by atoms with Crippen molar-refractivity contribution in [2.75, 3.05) is 46.6 Å². The van der Waals surface area contributed by atoms with E-state index in [1.165, 1.54) is 12.1 Å². The Morgan fingerprint density at radius 1 is 1.14 bits per heavy atom. The smallest absolute Gasteiger partial charge is 0.406 e. The Bertz CT molecular complexity index is 603. The lowest BCUT2D eigenvalue weighted by Gasteiger charge is -2.21. The summed E-state index contributed by atoms with van der Waals surface area (Å²) in [6.07, 6.45) is -0.983. The summed E-state index contributed by atoms with van der Waals surface area (Å²) < 4.78 is 51.4. The van der Waals surface area contributed by atoms with E-state index in [0.29, 0.717) is 31.4 Å². The molecule has 0 atom stereocenters. The minimum atomic E-state index is -4.67. The zero-order chi connectivity index (χ0) is 21.0. The molecule has 0 bridgehead atoms. The molecule has 1 saturated heterocycles. The number of hydrogen-bond donors (Lipinski definition) is 2. The first-order valence-electron chi connectivity index (χ1n) is 9.91. The number of halogens is 3. The van der Waals surface area contributed by atoms with E-state index in [0.717, 1.165) is 51.2 Å². The number of aliphatic imine (C=N–C) groups is 1. The average molecular weight is 417 g/mol. The molecule has 0 amide bonds. The third-order valence-electron chi connectivity index (χ3n) is 4.54. The lowest BCUT2D eigenvalue weighted by Crippen LogP contribution is -2.39. The largest absolute Gasteiger partial charge is 0.573 e. The number of alkyl halides is 3. The van der Waals surface area contributed by atoms with Gasteiger partial charge < -0.3 is 24.8 Å². The van der Waals surface area contributed by atoms with E-state index in [2.05, 4.69) is 20.4 Å². The number of ether oxygens (including phenoxy) is 3. The van der Waals surface area contributed by atoms with Gasteiger partial charge in [0.2, 0.25) is 0 Å². The lowest BCUT2D eigenvalue weighted by atomic mass is 10.0. The van der Waals surface area contributed by atoms with Crippen molar-refractivity contribution >= 4 is 5.96 Å². The third-order valence-corrected chi connectivity index (χ3v) is 4.54. The molecule has 0 aromatic heterocycles. The van der Waals surface area contributed by atoms with Crippen molar-refractivity contribution < 1.29 is 27.4 Å². The Labute approximate surface area is 169 Å². The van der Waals surface area contributed by atoms with Gasteiger partial charge in [0.05, 0.1) is 0 Å². The van der Waals surface area contributed by atoms with Gasteiger partial charge in [-0.05, 0) is 49.3 Å². The second-order valence-corrected chi connectivity index (χ2v) is 6.85. The van der Waals surface area contributed by atoms with Crippen molar-refractivity contribution in [3.63, 3.8) is 0 Å². The summed E-state index contributed by atoms with van der Waals surface area (Å²) in [7, 11) is 1.69. The normalized spacial score (nSPS) is 15.9. The van der Waals surface area contributed by atoms with E-state index in [-0.39, 0.29) is 5.75 Å². The van der Waals surface area contributed by atoms with Crippen molar-refractivity contribution in [2.24, 2.45) is 10.9 Å². The first kappa shape index (κ1) is 23.3. The van der Waals surface area contributed by atoms with Gasteiger partial charge in [-0.25, -0.2) is 0 Å². The SMILES string of the molecule is CN=C(NCCCOCC1CCOCC1)NCCc1ccc(OC(F)(F)F)cc1. The maximum atomic E-state index is 12.2. The molecular weight excluding hydrogens is 387 g/mol. The van der Waals surface area contributed by atoms with E-state index in [1.807, 2.05) is 0 Å². The molecule has 6 nitrogen and oxygen atoms in total. The molecule has 1 aromatic carbocycles. The van der Waals surface area contributed by atoms with Gasteiger partial charge in [-0.3, -0.25) is 4.99 Å². The summed E-state index contributed by atoms with van der Waals surface area (Å²) in [5, 5.41) is 6.41. The van der Waals surface area contributed by atoms with E-state index in [4.69, 9.17) is 9.47 Å². The standard InChI is InChI=1S/C20H30F3N3O3/c1-24-19(25-10-2-12-28-15-17-8-13-27-14-9-17)26-11-7-16-3-5-18(6-4-16)29-20(21,22)23/h3-6,17H,2,7-15H2,1H3,(H2,24,25,26). The third kappa shape index (κ3) is 10.4. The number of benzene rings is 1. The van der Waals surface area contributed by atoms with Gasteiger partial charge in [-0.1, -0.05) is 12.1 Å². The van der Waals surface area contributed by atoms with Crippen LogP contribution >= 0.6 is 0 Å². The highest BCUT2D eigenvalue weighted by atomic mass is 19.4. The topological polar surface area (TPSA) is 64.1 Å². The predicted molar refractivity (Wildman–Crippen MR) is 105 cm³/mol. The van der Waals surface area contributed by atoms with Crippen molar-refractivity contribution in [3.8, 4) is 5.75 Å². The van der Waals surface area contributed by atoms with Crippen molar-refractivity contribution in [2.45, 2.75) is 32.0 Å². The fourth-order valence-electron chi connectivity index (χ4n) is 2.95. The summed E-state index contributed by atoms with van der Waals surface area (Å²) in [6, 6.07) is 5.87. The zero-order valence-electron chi connectivity index (χ0n) is 16.8. The van der Waals surface area contributed by atoms with Crippen LogP contribution in [0.15, 0.2) is 29.3 Å². The van der Waals surface area contributed by atoms with E-state index < -0.39 is 6.36 Å². The number of rotatable bonds is 10. The predicted octanol–water partition coefficient (Wildman–Crippen LogP) is 3.13. The van der Waals surface area contributed by atoms with Gasteiger partial charge in [0.15, 0.2) is 5.96 Å². The van der Waals surface area contributed by atoms with Crippen LogP contribution in [0.3, 0.4) is 0 Å². The Hall–Kier alpha value is -2.00. The maximum Gasteiger partial charge on any atom is 0.573 e. The zero-order valence-corrected chi connectivity index (χ0v) is 16.8. The molecule has 1 aliphatic heterocycles. The molecule has 0 unspecified atom stereocenters. The van der Waals surface area contributed by atoms with Crippen LogP contribution in [0.5, 0.6) is 5.75 Å². The molecule has 0 saturated carbocycles. The summed E-state index contributed by atoms with van der Waals surface area (Å²) in [5.41, 5.74) is 0.906. The summed E-state index contributed by atoms with van der Waals surface area (Å²) in [5.74, 6) is 1.08. The van der Waals surface area contributed by atoms with Gasteiger partial charge in [0.1, 0.15) is 5.75 Å². The molecule has 0 spiro atoms. The molecule has 29 heavy (non-hydrogen) atoms. The molecule has 2 rings (SSSR count). The number of guanidine groups is 1. The van der Waals surface area contributed by atoms with Crippen LogP contribution in [-0.4, -0.2) is 58.9 Å². The van der Waals surface area contributed by atoms with Crippen molar-refractivity contribution in [1.29, 1.82) is 0 Å². The molecule has 1 aliphatic rings. The van der Waals surface area contributed by atoms with Crippen LogP contribution in [0, 0.1) is 5.92 Å². The van der Waals surface area contributed by atoms with Crippen LogP contribution in [0.2, 0.25) is 0 Å². The molecule has 0 radical (unpaired) electrons. The molecular formula is C20H30F3N3O3. The van der Waals surface area contributed by atoms with Crippen LogP contribution in [0.4, 0.5) is 13.2 Å². The molecule has 0 aliphatic carbocycles. The van der Waals surface area contributed by atoms with E-state index >= 15 is 0 Å². The highest BCUT2D eigenvalue weighted by Gasteiger charge is 2.30. The number of nitrogens with one attached hydrogen (secondary N) is 2. The highest BCUT2D eigenvalue weighted by Crippen LogP contribution is 2.22. The second kappa shape index (κ2) is 12.5. The molecule has 9 heteroatoms. The fraction of sp³-hybridized carbons (Fsp3) is 0.650. The van der Waals surface area contributed by atoms with Crippen LogP contribution < -0.4 is 15.4 Å². The molecule has 1 heterocycles. The minimum absolute atomic E-state index is 0.217. The summed E-state index contributed by atoms with van der Waals surface area (Å²) in [4.78, 5) is 4.16. The first-order valence-corrected chi connectivity index (χ1v) is 9.91. The second-order valence-electron chi connectivity index (χ2n) is 6.85. The van der Waals surface area contributed by atoms with E-state index in [1.54, 1.807) is 19.2 Å². The van der Waals surface area contributed by atoms with Crippen LogP contribution in [0.1, 0.15) is 24.8 Å². The molecule has 1 aromatic rings. The van der Waals surface area contributed by atoms with Gasteiger partial charge in [-0.2, -0.15) is 0 Å².